The molecule has 0 heterocycles. The van der Waals surface area contributed by atoms with Gasteiger partial charge in [0.05, 0.1) is 6.10 Å². The average molecular weight is 256 g/mol. The summed E-state index contributed by atoms with van der Waals surface area (Å²) in [5.74, 6) is -0.688. The molecule has 5 heteroatoms. The van der Waals surface area contributed by atoms with Crippen LogP contribution in [0.5, 0.6) is 0 Å². The molecule has 0 aromatic heterocycles. The van der Waals surface area contributed by atoms with E-state index in [4.69, 9.17) is 5.11 Å². The van der Waals surface area contributed by atoms with Crippen molar-refractivity contribution in [3.8, 4) is 0 Å². The Bertz CT molecular complexity index is 381. The average Bonchev–Trinajstić information content (AvgIpc) is 2.34. The fourth-order valence-electron chi connectivity index (χ4n) is 1.51. The number of aliphatic hydroxyl groups is 2. The van der Waals surface area contributed by atoms with Gasteiger partial charge in [0.1, 0.15) is 6.10 Å². The van der Waals surface area contributed by atoms with Crippen LogP contribution < -0.4 is 0 Å². The Morgan fingerprint density at radius 3 is 2.65 bits per heavy atom. The summed E-state index contributed by atoms with van der Waals surface area (Å²) >= 11 is 3.91. The van der Waals surface area contributed by atoms with E-state index in [1.165, 1.54) is 0 Å². The first-order valence-corrected chi connectivity index (χ1v) is 5.95. The smallest absolute Gasteiger partial charge is 0.303 e. The summed E-state index contributed by atoms with van der Waals surface area (Å²) in [6, 6.07) is 6.94. The van der Waals surface area contributed by atoms with E-state index in [2.05, 4.69) is 12.6 Å². The van der Waals surface area contributed by atoms with E-state index in [1.807, 2.05) is 0 Å². The molecule has 2 unspecified atom stereocenters. The van der Waals surface area contributed by atoms with Crippen molar-refractivity contribution in [2.45, 2.75) is 25.0 Å². The monoisotopic (exact) mass is 256 g/mol. The summed E-state index contributed by atoms with van der Waals surface area (Å²) in [7, 11) is 0. The number of carboxylic acid groups (broad SMARTS) is 1. The standard InChI is InChI=1S/C12H16O4S/c13-10(7-17)12(16)9-3-1-2-8(6-9)4-5-11(14)15/h1-3,6,10,12-13,16-17H,4-5,7H2,(H,14,15). The molecule has 2 atom stereocenters. The minimum Gasteiger partial charge on any atom is -0.481 e. The maximum atomic E-state index is 10.4. The molecule has 0 aliphatic rings. The Hall–Kier alpha value is -1.04. The van der Waals surface area contributed by atoms with Crippen molar-refractivity contribution in [1.82, 2.24) is 0 Å². The van der Waals surface area contributed by atoms with Crippen LogP contribution in [0.15, 0.2) is 24.3 Å². The third kappa shape index (κ3) is 4.38. The van der Waals surface area contributed by atoms with Crippen LogP contribution in [0.4, 0.5) is 0 Å². The number of thiol groups is 1. The van der Waals surface area contributed by atoms with Gasteiger partial charge < -0.3 is 15.3 Å². The molecular formula is C12H16O4S. The van der Waals surface area contributed by atoms with Crippen LogP contribution in [0.25, 0.3) is 0 Å². The Kier molecular flexibility index (Phi) is 5.47. The fraction of sp³-hybridized carbons (Fsp3) is 0.417. The molecule has 0 amide bonds. The lowest BCUT2D eigenvalue weighted by atomic mass is 10.0. The van der Waals surface area contributed by atoms with Crippen molar-refractivity contribution in [3.05, 3.63) is 35.4 Å². The van der Waals surface area contributed by atoms with Crippen molar-refractivity contribution in [2.24, 2.45) is 0 Å². The van der Waals surface area contributed by atoms with Crippen molar-refractivity contribution < 1.29 is 20.1 Å². The van der Waals surface area contributed by atoms with Crippen molar-refractivity contribution in [1.29, 1.82) is 0 Å². The molecule has 3 N–H and O–H groups in total. The number of carboxylic acids is 1. The Labute approximate surface area is 105 Å². The van der Waals surface area contributed by atoms with Crippen LogP contribution in [0.3, 0.4) is 0 Å². The molecule has 0 saturated heterocycles. The number of aliphatic hydroxyl groups excluding tert-OH is 2. The zero-order chi connectivity index (χ0) is 12.8. The Morgan fingerprint density at radius 1 is 1.35 bits per heavy atom. The van der Waals surface area contributed by atoms with Gasteiger partial charge in [0.25, 0.3) is 0 Å². The second kappa shape index (κ2) is 6.64. The summed E-state index contributed by atoms with van der Waals surface area (Å²) in [5, 5.41) is 27.8. The quantitative estimate of drug-likeness (QED) is 0.573. The van der Waals surface area contributed by atoms with Gasteiger partial charge in [-0.1, -0.05) is 24.3 Å². The second-order valence-corrected chi connectivity index (χ2v) is 4.20. The summed E-state index contributed by atoms with van der Waals surface area (Å²) < 4.78 is 0. The van der Waals surface area contributed by atoms with Gasteiger partial charge >= 0.3 is 5.97 Å². The molecule has 0 aliphatic heterocycles. The summed E-state index contributed by atoms with van der Waals surface area (Å²) in [6.45, 7) is 0. The lowest BCUT2D eigenvalue weighted by Gasteiger charge is -2.16. The molecule has 1 aromatic carbocycles. The molecule has 1 rings (SSSR count). The Morgan fingerprint density at radius 2 is 2.06 bits per heavy atom. The van der Waals surface area contributed by atoms with Gasteiger partial charge in [0.2, 0.25) is 0 Å². The van der Waals surface area contributed by atoms with Crippen LogP contribution in [-0.4, -0.2) is 33.1 Å². The first-order valence-electron chi connectivity index (χ1n) is 5.32. The van der Waals surface area contributed by atoms with Gasteiger partial charge in [-0.05, 0) is 17.5 Å². The van der Waals surface area contributed by atoms with Gasteiger partial charge in [-0.3, -0.25) is 4.79 Å². The molecule has 0 bridgehead atoms. The zero-order valence-electron chi connectivity index (χ0n) is 9.28. The minimum absolute atomic E-state index is 0.0503. The highest BCUT2D eigenvalue weighted by Crippen LogP contribution is 2.19. The molecule has 0 spiro atoms. The number of hydrogen-bond acceptors (Lipinski definition) is 4. The largest absolute Gasteiger partial charge is 0.481 e. The molecule has 0 radical (unpaired) electrons. The van der Waals surface area contributed by atoms with Crippen molar-refractivity contribution in [2.75, 3.05) is 5.75 Å². The summed E-state index contributed by atoms with van der Waals surface area (Å²) in [4.78, 5) is 10.4. The molecule has 0 aliphatic carbocycles. The highest BCUT2D eigenvalue weighted by Gasteiger charge is 2.16. The molecule has 4 nitrogen and oxygen atoms in total. The summed E-state index contributed by atoms with van der Waals surface area (Å²) in [5.41, 5.74) is 1.41. The van der Waals surface area contributed by atoms with Crippen LogP contribution in [0, 0.1) is 0 Å². The maximum Gasteiger partial charge on any atom is 0.303 e. The van der Waals surface area contributed by atoms with Crippen molar-refractivity contribution >= 4 is 18.6 Å². The maximum absolute atomic E-state index is 10.4. The molecule has 0 saturated carbocycles. The van der Waals surface area contributed by atoms with Gasteiger partial charge in [-0.2, -0.15) is 12.6 Å². The topological polar surface area (TPSA) is 77.8 Å². The van der Waals surface area contributed by atoms with Gasteiger partial charge in [0, 0.05) is 12.2 Å². The number of aliphatic carboxylic acids is 1. The first-order chi connectivity index (χ1) is 8.04. The first kappa shape index (κ1) is 14.0. The lowest BCUT2D eigenvalue weighted by Crippen LogP contribution is -2.19. The van der Waals surface area contributed by atoms with Crippen LogP contribution in [-0.2, 0) is 11.2 Å². The predicted octanol–water partition coefficient (Wildman–Crippen LogP) is 1.03. The predicted molar refractivity (Wildman–Crippen MR) is 67.2 cm³/mol. The van der Waals surface area contributed by atoms with E-state index in [0.717, 1.165) is 5.56 Å². The molecule has 94 valence electrons. The Balaban J connectivity index is 2.74. The number of hydrogen-bond donors (Lipinski definition) is 4. The fourth-order valence-corrected chi connectivity index (χ4v) is 1.71. The van der Waals surface area contributed by atoms with Crippen molar-refractivity contribution in [3.63, 3.8) is 0 Å². The van der Waals surface area contributed by atoms with Crippen LogP contribution >= 0.6 is 12.6 Å². The van der Waals surface area contributed by atoms with Gasteiger partial charge in [-0.25, -0.2) is 0 Å². The van der Waals surface area contributed by atoms with Gasteiger partial charge in [-0.15, -0.1) is 0 Å². The minimum atomic E-state index is -0.989. The second-order valence-electron chi connectivity index (χ2n) is 3.83. The number of rotatable bonds is 6. The van der Waals surface area contributed by atoms with E-state index >= 15 is 0 Å². The highest BCUT2D eigenvalue weighted by atomic mass is 32.1. The number of carbonyl (C=O) groups is 1. The van der Waals surface area contributed by atoms with E-state index in [0.29, 0.717) is 12.0 Å². The van der Waals surface area contributed by atoms with Crippen LogP contribution in [0.1, 0.15) is 23.7 Å². The summed E-state index contributed by atoms with van der Waals surface area (Å²) in [6.07, 6.45) is -1.45. The number of aryl methyl sites for hydroxylation is 1. The molecule has 1 aromatic rings. The molecule has 0 fully saturated rings. The van der Waals surface area contributed by atoms with Crippen LogP contribution in [0.2, 0.25) is 0 Å². The SMILES string of the molecule is O=C(O)CCc1cccc(C(O)C(O)CS)c1. The zero-order valence-corrected chi connectivity index (χ0v) is 10.2. The molecule has 17 heavy (non-hydrogen) atoms. The lowest BCUT2D eigenvalue weighted by molar-refractivity contribution is -0.136. The normalized spacial score (nSPS) is 14.3. The number of benzene rings is 1. The third-order valence-electron chi connectivity index (χ3n) is 2.47. The third-order valence-corrected chi connectivity index (χ3v) is 2.85. The van der Waals surface area contributed by atoms with E-state index < -0.39 is 18.2 Å². The van der Waals surface area contributed by atoms with E-state index in [1.54, 1.807) is 24.3 Å². The van der Waals surface area contributed by atoms with E-state index in [9.17, 15) is 15.0 Å². The molecular weight excluding hydrogens is 240 g/mol. The van der Waals surface area contributed by atoms with E-state index in [-0.39, 0.29) is 12.2 Å². The van der Waals surface area contributed by atoms with Gasteiger partial charge in [0.15, 0.2) is 0 Å². The highest BCUT2D eigenvalue weighted by molar-refractivity contribution is 7.80.